The number of amides is 2. The van der Waals surface area contributed by atoms with Crippen LogP contribution in [0.2, 0.25) is 0 Å². The van der Waals surface area contributed by atoms with E-state index in [1.165, 1.54) is 11.1 Å². The molecule has 2 amide bonds. The van der Waals surface area contributed by atoms with E-state index in [9.17, 15) is 9.59 Å². The van der Waals surface area contributed by atoms with Crippen LogP contribution in [0.15, 0.2) is 53.0 Å². The van der Waals surface area contributed by atoms with Gasteiger partial charge in [-0.1, -0.05) is 85.1 Å². The summed E-state index contributed by atoms with van der Waals surface area (Å²) in [5.41, 5.74) is 3.62. The fourth-order valence-electron chi connectivity index (χ4n) is 5.10. The summed E-state index contributed by atoms with van der Waals surface area (Å²) in [4.78, 5) is 28.9. The molecular weight excluding hydrogens is 440 g/mol. The van der Waals surface area contributed by atoms with Gasteiger partial charge in [-0.3, -0.25) is 9.59 Å². The van der Waals surface area contributed by atoms with Gasteiger partial charge in [-0.15, -0.1) is 0 Å². The summed E-state index contributed by atoms with van der Waals surface area (Å²) >= 11 is 3.61. The lowest BCUT2D eigenvalue weighted by atomic mass is 9.86. The summed E-state index contributed by atoms with van der Waals surface area (Å²) in [6, 6.07) is 15.4. The van der Waals surface area contributed by atoms with Gasteiger partial charge in [0.1, 0.15) is 12.1 Å². The van der Waals surface area contributed by atoms with E-state index in [0.29, 0.717) is 6.54 Å². The lowest BCUT2D eigenvalue weighted by Crippen LogP contribution is -2.66. The average Bonchev–Trinajstić information content (AvgIpc) is 3.18. The quantitative estimate of drug-likeness (QED) is 0.678. The van der Waals surface area contributed by atoms with Crippen molar-refractivity contribution in [1.29, 1.82) is 0 Å². The van der Waals surface area contributed by atoms with Crippen LogP contribution in [0.25, 0.3) is 0 Å². The zero-order chi connectivity index (χ0) is 21.3. The Bertz CT molecular complexity index is 915. The maximum Gasteiger partial charge on any atom is 0.246 e. The SMILES string of the molecule is CCC(CC)C1C(=O)NC(C2Cc3ccccc3C2)C(=O)N1Cc1ccccc1Br. The third-order valence-corrected chi connectivity index (χ3v) is 7.57. The number of halogens is 1. The van der Waals surface area contributed by atoms with Crippen LogP contribution in [-0.4, -0.2) is 28.8 Å². The molecule has 1 fully saturated rings. The molecule has 2 aliphatic rings. The van der Waals surface area contributed by atoms with Gasteiger partial charge in [0.15, 0.2) is 0 Å². The number of carbonyl (C=O) groups is 2. The number of hydrogen-bond acceptors (Lipinski definition) is 2. The zero-order valence-corrected chi connectivity index (χ0v) is 19.2. The number of carbonyl (C=O) groups excluding carboxylic acids is 2. The smallest absolute Gasteiger partial charge is 0.246 e. The molecule has 158 valence electrons. The second kappa shape index (κ2) is 8.93. The van der Waals surface area contributed by atoms with Crippen molar-refractivity contribution in [3.8, 4) is 0 Å². The van der Waals surface area contributed by atoms with Gasteiger partial charge in [-0.05, 0) is 47.4 Å². The molecule has 5 heteroatoms. The number of rotatable bonds is 6. The second-order valence-electron chi connectivity index (χ2n) is 8.50. The Labute approximate surface area is 187 Å². The molecule has 0 bridgehead atoms. The highest BCUT2D eigenvalue weighted by atomic mass is 79.9. The van der Waals surface area contributed by atoms with Crippen molar-refractivity contribution in [3.63, 3.8) is 0 Å². The van der Waals surface area contributed by atoms with Crippen LogP contribution in [-0.2, 0) is 29.0 Å². The summed E-state index contributed by atoms with van der Waals surface area (Å²) < 4.78 is 0.969. The van der Waals surface area contributed by atoms with Gasteiger partial charge in [0.05, 0.1) is 0 Å². The molecule has 30 heavy (non-hydrogen) atoms. The molecule has 0 aromatic heterocycles. The molecule has 1 aliphatic carbocycles. The van der Waals surface area contributed by atoms with E-state index in [1.54, 1.807) is 0 Å². The van der Waals surface area contributed by atoms with Crippen LogP contribution in [0.4, 0.5) is 0 Å². The van der Waals surface area contributed by atoms with Crippen LogP contribution in [0.1, 0.15) is 43.4 Å². The van der Waals surface area contributed by atoms with Crippen LogP contribution in [0.5, 0.6) is 0 Å². The Hall–Kier alpha value is -2.14. The van der Waals surface area contributed by atoms with E-state index >= 15 is 0 Å². The summed E-state index contributed by atoms with van der Waals surface area (Å²) in [6.45, 7) is 4.65. The van der Waals surface area contributed by atoms with Gasteiger partial charge in [0.2, 0.25) is 11.8 Å². The lowest BCUT2D eigenvalue weighted by Gasteiger charge is -2.43. The van der Waals surface area contributed by atoms with Crippen LogP contribution < -0.4 is 5.32 Å². The highest BCUT2D eigenvalue weighted by Crippen LogP contribution is 2.33. The maximum absolute atomic E-state index is 13.8. The second-order valence-corrected chi connectivity index (χ2v) is 9.36. The first-order valence-corrected chi connectivity index (χ1v) is 11.7. The summed E-state index contributed by atoms with van der Waals surface area (Å²) in [5.74, 6) is 0.317. The topological polar surface area (TPSA) is 49.4 Å². The van der Waals surface area contributed by atoms with Crippen LogP contribution in [0, 0.1) is 11.8 Å². The summed E-state index contributed by atoms with van der Waals surface area (Å²) in [6.07, 6.45) is 3.42. The minimum absolute atomic E-state index is 0.00342. The number of fused-ring (bicyclic) bond motifs is 1. The molecule has 1 saturated heterocycles. The Balaban J connectivity index is 1.64. The van der Waals surface area contributed by atoms with E-state index in [-0.39, 0.29) is 23.7 Å². The van der Waals surface area contributed by atoms with Gasteiger partial charge >= 0.3 is 0 Å². The molecule has 1 heterocycles. The first kappa shape index (κ1) is 21.1. The van der Waals surface area contributed by atoms with Gasteiger partial charge in [0, 0.05) is 11.0 Å². The lowest BCUT2D eigenvalue weighted by molar-refractivity contribution is -0.154. The predicted molar refractivity (Wildman–Crippen MR) is 122 cm³/mol. The van der Waals surface area contributed by atoms with Gasteiger partial charge in [0.25, 0.3) is 0 Å². The normalized spacial score (nSPS) is 21.8. The fourth-order valence-corrected chi connectivity index (χ4v) is 5.51. The molecule has 2 aromatic rings. The monoisotopic (exact) mass is 468 g/mol. The van der Waals surface area contributed by atoms with Crippen LogP contribution in [0.3, 0.4) is 0 Å². The highest BCUT2D eigenvalue weighted by molar-refractivity contribution is 9.10. The largest absolute Gasteiger partial charge is 0.342 e. The van der Waals surface area contributed by atoms with Crippen LogP contribution >= 0.6 is 15.9 Å². The molecule has 2 atom stereocenters. The summed E-state index contributed by atoms with van der Waals surface area (Å²) in [5, 5.41) is 3.13. The van der Waals surface area contributed by atoms with Crippen molar-refractivity contribution < 1.29 is 9.59 Å². The number of hydrogen-bond donors (Lipinski definition) is 1. The Morgan fingerprint density at radius 1 is 1.00 bits per heavy atom. The Kier molecular flexibility index (Phi) is 6.28. The Morgan fingerprint density at radius 3 is 2.20 bits per heavy atom. The van der Waals surface area contributed by atoms with Crippen molar-refractivity contribution in [1.82, 2.24) is 10.2 Å². The Morgan fingerprint density at radius 2 is 1.60 bits per heavy atom. The fraction of sp³-hybridized carbons (Fsp3) is 0.440. The number of nitrogens with zero attached hydrogens (tertiary/aromatic N) is 1. The molecule has 2 aromatic carbocycles. The number of benzene rings is 2. The third kappa shape index (κ3) is 3.92. The van der Waals surface area contributed by atoms with E-state index < -0.39 is 12.1 Å². The van der Waals surface area contributed by atoms with Crippen molar-refractivity contribution in [2.45, 2.75) is 58.2 Å². The minimum Gasteiger partial charge on any atom is -0.342 e. The first-order valence-electron chi connectivity index (χ1n) is 10.9. The third-order valence-electron chi connectivity index (χ3n) is 6.80. The molecule has 0 radical (unpaired) electrons. The molecule has 0 saturated carbocycles. The first-order chi connectivity index (χ1) is 14.5. The summed E-state index contributed by atoms with van der Waals surface area (Å²) in [7, 11) is 0. The molecule has 1 aliphatic heterocycles. The van der Waals surface area contributed by atoms with Gasteiger partial charge in [-0.2, -0.15) is 0 Å². The predicted octanol–water partition coefficient (Wildman–Crippen LogP) is 4.50. The van der Waals surface area contributed by atoms with Crippen molar-refractivity contribution in [3.05, 3.63) is 69.7 Å². The molecular formula is C25H29BrN2O2. The molecule has 1 N–H and O–H groups in total. The molecule has 0 spiro atoms. The number of piperazine rings is 1. The van der Waals surface area contributed by atoms with Crippen molar-refractivity contribution in [2.75, 3.05) is 0 Å². The van der Waals surface area contributed by atoms with E-state index in [1.807, 2.05) is 41.3 Å². The van der Waals surface area contributed by atoms with E-state index in [4.69, 9.17) is 0 Å². The maximum atomic E-state index is 13.8. The average molecular weight is 469 g/mol. The number of nitrogens with one attached hydrogen (secondary N) is 1. The molecule has 2 unspecified atom stereocenters. The molecule has 4 rings (SSSR count). The van der Waals surface area contributed by atoms with Crippen molar-refractivity contribution >= 4 is 27.7 Å². The van der Waals surface area contributed by atoms with E-state index in [0.717, 1.165) is 35.7 Å². The van der Waals surface area contributed by atoms with Gasteiger partial charge < -0.3 is 10.2 Å². The standard InChI is InChI=1S/C25H29BrN2O2/c1-3-16(4-2)23-24(29)27-22(20-13-17-9-5-6-10-18(17)14-20)25(30)28(23)15-19-11-7-8-12-21(19)26/h5-12,16,20,22-23H,3-4,13-15H2,1-2H3,(H,27,29). The zero-order valence-electron chi connectivity index (χ0n) is 17.6. The minimum atomic E-state index is -0.460. The van der Waals surface area contributed by atoms with E-state index in [2.05, 4.69) is 47.2 Å². The van der Waals surface area contributed by atoms with Crippen molar-refractivity contribution in [2.24, 2.45) is 11.8 Å². The molecule has 4 nitrogen and oxygen atoms in total. The highest BCUT2D eigenvalue weighted by Gasteiger charge is 2.46. The van der Waals surface area contributed by atoms with Gasteiger partial charge in [-0.25, -0.2) is 0 Å².